The lowest BCUT2D eigenvalue weighted by Gasteiger charge is -2.34. The number of benzene rings is 1. The van der Waals surface area contributed by atoms with E-state index in [1.165, 1.54) is 0 Å². The number of primary amides is 1. The number of aliphatic hydroxyl groups excluding tert-OH is 1. The van der Waals surface area contributed by atoms with Crippen LogP contribution in [0.3, 0.4) is 0 Å². The molecule has 0 aliphatic carbocycles. The molecule has 1 aromatic rings. The lowest BCUT2D eigenvalue weighted by molar-refractivity contribution is -0.143. The Balaban J connectivity index is 3.35. The molecule has 0 heterocycles. The Kier molecular flexibility index (Phi) is 11.5. The van der Waals surface area contributed by atoms with Crippen molar-refractivity contribution in [1.82, 2.24) is 15.5 Å². The highest BCUT2D eigenvalue weighted by Crippen LogP contribution is 2.23. The van der Waals surface area contributed by atoms with Crippen molar-refractivity contribution < 1.29 is 29.0 Å². The van der Waals surface area contributed by atoms with E-state index in [0.717, 1.165) is 23.3 Å². The van der Waals surface area contributed by atoms with E-state index in [1.807, 2.05) is 26.0 Å². The van der Waals surface area contributed by atoms with Gasteiger partial charge in [-0.15, -0.1) is 0 Å². The van der Waals surface area contributed by atoms with Gasteiger partial charge in [-0.25, -0.2) is 4.79 Å². The molecule has 0 fully saturated rings. The molecule has 2 atom stereocenters. The summed E-state index contributed by atoms with van der Waals surface area (Å²) in [5.41, 5.74) is 5.98. The molecule has 0 aliphatic heterocycles. The number of carbonyl (C=O) groups is 4. The van der Waals surface area contributed by atoms with Gasteiger partial charge in [-0.2, -0.15) is 0 Å². The second-order valence-corrected chi connectivity index (χ2v) is 9.08. The summed E-state index contributed by atoms with van der Waals surface area (Å²) >= 11 is 0. The zero-order chi connectivity index (χ0) is 25.9. The van der Waals surface area contributed by atoms with Crippen LogP contribution in [0.15, 0.2) is 24.3 Å². The molecule has 0 radical (unpaired) electrons. The monoisotopic (exact) mass is 478 g/mol. The molecule has 10 heteroatoms. The van der Waals surface area contributed by atoms with Crippen LogP contribution >= 0.6 is 0 Å². The first-order valence-corrected chi connectivity index (χ1v) is 11.4. The summed E-state index contributed by atoms with van der Waals surface area (Å²) in [5, 5.41) is 14.9. The second kappa shape index (κ2) is 13.5. The number of amides is 4. The number of nitrogens with one attached hydrogen (secondary N) is 2. The van der Waals surface area contributed by atoms with Gasteiger partial charge < -0.3 is 31.1 Å². The van der Waals surface area contributed by atoms with Gasteiger partial charge in [-0.05, 0) is 39.7 Å². The number of alkyl carbamates (subject to hydrolysis) is 1. The normalized spacial score (nSPS) is 12.9. The number of carbonyl (C=O) groups excluding carboxylic acids is 4. The summed E-state index contributed by atoms with van der Waals surface area (Å²) in [7, 11) is 0. The van der Waals surface area contributed by atoms with Crippen LogP contribution in [0.5, 0.6) is 0 Å². The third-order valence-electron chi connectivity index (χ3n) is 4.80. The van der Waals surface area contributed by atoms with E-state index in [-0.39, 0.29) is 6.54 Å². The van der Waals surface area contributed by atoms with E-state index in [2.05, 4.69) is 10.6 Å². The van der Waals surface area contributed by atoms with E-state index in [1.54, 1.807) is 32.9 Å². The Labute approximate surface area is 201 Å². The van der Waals surface area contributed by atoms with E-state index >= 15 is 0 Å². The first-order chi connectivity index (χ1) is 15.9. The number of nitrogens with zero attached hydrogens (tertiary/aromatic N) is 1. The van der Waals surface area contributed by atoms with Crippen molar-refractivity contribution in [2.45, 2.75) is 71.6 Å². The average molecular weight is 479 g/mol. The van der Waals surface area contributed by atoms with Crippen molar-refractivity contribution in [1.29, 1.82) is 0 Å². The van der Waals surface area contributed by atoms with Crippen LogP contribution in [-0.4, -0.2) is 65.2 Å². The van der Waals surface area contributed by atoms with Gasteiger partial charge in [0, 0.05) is 13.1 Å². The molecule has 1 aromatic carbocycles. The minimum absolute atomic E-state index is 0.205. The van der Waals surface area contributed by atoms with Crippen molar-refractivity contribution in [3.8, 4) is 0 Å². The molecular weight excluding hydrogens is 440 g/mol. The van der Waals surface area contributed by atoms with Crippen molar-refractivity contribution >= 4 is 23.8 Å². The van der Waals surface area contributed by atoms with Gasteiger partial charge in [-0.1, -0.05) is 43.2 Å². The minimum Gasteiger partial charge on any atom is -0.444 e. The SMILES string of the molecule is CCCCNC(=O)C(c1ccc(C)cc1)N(CCO)C(=O)C(CC(N)=O)NC(=O)OC(C)(C)C. The fraction of sp³-hybridized carbons (Fsp3) is 0.583. The van der Waals surface area contributed by atoms with E-state index in [0.29, 0.717) is 12.1 Å². The van der Waals surface area contributed by atoms with E-state index < -0.39 is 54.5 Å². The number of rotatable bonds is 12. The van der Waals surface area contributed by atoms with Crippen LogP contribution in [0.25, 0.3) is 0 Å². The third kappa shape index (κ3) is 9.78. The molecule has 1 rings (SSSR count). The number of nitrogens with two attached hydrogens (primary N) is 1. The standard InChI is InChI=1S/C24H38N4O6/c1-6-7-12-26-21(31)20(17-10-8-16(2)9-11-17)28(13-14-29)22(32)18(15-19(25)30)27-23(33)34-24(3,4)5/h8-11,18,20,29H,6-7,12-15H2,1-5H3,(H2,25,30)(H,26,31)(H,27,33). The largest absolute Gasteiger partial charge is 0.444 e. The van der Waals surface area contributed by atoms with E-state index in [9.17, 15) is 24.3 Å². The highest BCUT2D eigenvalue weighted by molar-refractivity contribution is 5.94. The first-order valence-electron chi connectivity index (χ1n) is 11.4. The molecule has 0 aliphatic rings. The zero-order valence-electron chi connectivity index (χ0n) is 20.7. The van der Waals surface area contributed by atoms with Crippen LogP contribution in [0.4, 0.5) is 4.79 Å². The molecule has 2 unspecified atom stereocenters. The molecule has 10 nitrogen and oxygen atoms in total. The van der Waals surface area contributed by atoms with Gasteiger partial charge >= 0.3 is 6.09 Å². The molecule has 0 saturated heterocycles. The predicted molar refractivity (Wildman–Crippen MR) is 128 cm³/mol. The Hall–Kier alpha value is -3.14. The van der Waals surface area contributed by atoms with Gasteiger partial charge in [-0.3, -0.25) is 14.4 Å². The average Bonchev–Trinajstić information content (AvgIpc) is 2.72. The second-order valence-electron chi connectivity index (χ2n) is 9.08. The van der Waals surface area contributed by atoms with E-state index in [4.69, 9.17) is 10.5 Å². The van der Waals surface area contributed by atoms with Gasteiger partial charge in [0.05, 0.1) is 13.0 Å². The van der Waals surface area contributed by atoms with Crippen molar-refractivity contribution in [2.75, 3.05) is 19.7 Å². The summed E-state index contributed by atoms with van der Waals surface area (Å²) in [6.07, 6.45) is 0.216. The Morgan fingerprint density at radius 3 is 2.26 bits per heavy atom. The number of hydrogen-bond acceptors (Lipinski definition) is 6. The van der Waals surface area contributed by atoms with Crippen molar-refractivity contribution in [2.24, 2.45) is 5.73 Å². The van der Waals surface area contributed by atoms with Crippen LogP contribution in [0, 0.1) is 6.92 Å². The summed E-state index contributed by atoms with van der Waals surface area (Å²) in [6.45, 7) is 8.62. The summed E-state index contributed by atoms with van der Waals surface area (Å²) < 4.78 is 5.21. The highest BCUT2D eigenvalue weighted by Gasteiger charge is 2.36. The molecule has 0 saturated carbocycles. The van der Waals surface area contributed by atoms with Gasteiger partial charge in [0.15, 0.2) is 0 Å². The summed E-state index contributed by atoms with van der Waals surface area (Å²) in [4.78, 5) is 51.9. The van der Waals surface area contributed by atoms with Crippen molar-refractivity contribution in [3.63, 3.8) is 0 Å². The third-order valence-corrected chi connectivity index (χ3v) is 4.80. The van der Waals surface area contributed by atoms with Gasteiger partial charge in [0.25, 0.3) is 0 Å². The molecule has 0 spiro atoms. The Bertz CT molecular complexity index is 835. The summed E-state index contributed by atoms with van der Waals surface area (Å²) in [6, 6.07) is 4.60. The van der Waals surface area contributed by atoms with Gasteiger partial charge in [0.1, 0.15) is 17.7 Å². The lowest BCUT2D eigenvalue weighted by Crippen LogP contribution is -2.54. The Morgan fingerprint density at radius 2 is 1.76 bits per heavy atom. The zero-order valence-corrected chi connectivity index (χ0v) is 20.7. The highest BCUT2D eigenvalue weighted by atomic mass is 16.6. The number of hydrogen-bond donors (Lipinski definition) is 4. The maximum atomic E-state index is 13.5. The minimum atomic E-state index is -1.38. The molecule has 0 aromatic heterocycles. The summed E-state index contributed by atoms with van der Waals surface area (Å²) in [5.74, 6) is -2.00. The lowest BCUT2D eigenvalue weighted by atomic mass is 10.0. The van der Waals surface area contributed by atoms with Crippen molar-refractivity contribution in [3.05, 3.63) is 35.4 Å². The topological polar surface area (TPSA) is 151 Å². The quantitative estimate of drug-likeness (QED) is 0.335. The molecule has 190 valence electrons. The Morgan fingerprint density at radius 1 is 1.15 bits per heavy atom. The number of unbranched alkanes of at least 4 members (excludes halogenated alkanes) is 1. The molecule has 34 heavy (non-hydrogen) atoms. The predicted octanol–water partition coefficient (Wildman–Crippen LogP) is 1.54. The van der Waals surface area contributed by atoms with Crippen LogP contribution in [-0.2, 0) is 19.1 Å². The molecule has 0 bridgehead atoms. The first kappa shape index (κ1) is 28.9. The molecule has 4 amide bonds. The van der Waals surface area contributed by atoms with Gasteiger partial charge in [0.2, 0.25) is 17.7 Å². The number of aryl methyl sites for hydroxylation is 1. The van der Waals surface area contributed by atoms with Crippen LogP contribution < -0.4 is 16.4 Å². The number of aliphatic hydroxyl groups is 1. The van der Waals surface area contributed by atoms with Crippen LogP contribution in [0.1, 0.15) is 64.1 Å². The smallest absolute Gasteiger partial charge is 0.408 e. The molecule has 5 N–H and O–H groups in total. The molecular formula is C24H38N4O6. The fourth-order valence-corrected chi connectivity index (χ4v) is 3.23. The maximum Gasteiger partial charge on any atom is 0.408 e. The number of ether oxygens (including phenoxy) is 1. The maximum absolute atomic E-state index is 13.5. The fourth-order valence-electron chi connectivity index (χ4n) is 3.23. The van der Waals surface area contributed by atoms with Crippen LogP contribution in [0.2, 0.25) is 0 Å².